The van der Waals surface area contributed by atoms with Crippen LogP contribution in [0.3, 0.4) is 0 Å². The maximum atomic E-state index is 14.0. The van der Waals surface area contributed by atoms with Crippen molar-refractivity contribution >= 4 is 16.8 Å². The molecule has 3 heterocycles. The third-order valence-electron chi connectivity index (χ3n) is 6.24. The number of benzene rings is 2. The first-order chi connectivity index (χ1) is 16.7. The molecule has 0 spiro atoms. The SMILES string of the molecule is CC(c1nc(-c2cccc(C(F)(F)F)c2)no1)N1CCN(C(=O)c2cc3c(F)cccc3[nH]2)CC1. The number of aromatic nitrogens is 3. The lowest BCUT2D eigenvalue weighted by atomic mass is 10.1. The number of rotatable bonds is 4. The maximum absolute atomic E-state index is 14.0. The maximum Gasteiger partial charge on any atom is 0.416 e. The van der Waals surface area contributed by atoms with Gasteiger partial charge in [0.25, 0.3) is 5.91 Å². The third-order valence-corrected chi connectivity index (χ3v) is 6.24. The highest BCUT2D eigenvalue weighted by atomic mass is 19.4. The standard InChI is InChI=1S/C24H21F4N5O2/c1-14(22-30-21(31-35-22)15-4-2-5-16(12-15)24(26,27)28)32-8-10-33(11-9-32)23(34)20-13-17-18(25)6-3-7-19(17)29-20/h2-7,12-14,29H,8-11H2,1H3. The zero-order valence-electron chi connectivity index (χ0n) is 18.6. The molecular weight excluding hydrogens is 466 g/mol. The number of aromatic amines is 1. The summed E-state index contributed by atoms with van der Waals surface area (Å²) in [6, 6.07) is 10.6. The van der Waals surface area contributed by atoms with Crippen LogP contribution < -0.4 is 0 Å². The fourth-order valence-electron chi connectivity index (χ4n) is 4.23. The van der Waals surface area contributed by atoms with Gasteiger partial charge in [0.1, 0.15) is 11.5 Å². The molecule has 0 aliphatic carbocycles. The minimum atomic E-state index is -4.46. The number of carbonyl (C=O) groups excluding carboxylic acids is 1. The number of fused-ring (bicyclic) bond motifs is 1. The first-order valence-electron chi connectivity index (χ1n) is 11.0. The van der Waals surface area contributed by atoms with E-state index in [9.17, 15) is 22.4 Å². The number of hydrogen-bond donors (Lipinski definition) is 1. The highest BCUT2D eigenvalue weighted by molar-refractivity contribution is 5.98. The van der Waals surface area contributed by atoms with Crippen LogP contribution in [0.2, 0.25) is 0 Å². The second-order valence-corrected chi connectivity index (χ2v) is 8.42. The van der Waals surface area contributed by atoms with Crippen molar-refractivity contribution in [1.29, 1.82) is 0 Å². The second-order valence-electron chi connectivity index (χ2n) is 8.42. The van der Waals surface area contributed by atoms with Gasteiger partial charge in [0.15, 0.2) is 0 Å². The summed E-state index contributed by atoms with van der Waals surface area (Å²) in [6.45, 7) is 3.80. The fourth-order valence-corrected chi connectivity index (χ4v) is 4.23. The first kappa shape index (κ1) is 23.0. The Morgan fingerprint density at radius 3 is 2.54 bits per heavy atom. The molecule has 1 N–H and O–H groups in total. The van der Waals surface area contributed by atoms with Crippen molar-refractivity contribution in [1.82, 2.24) is 24.9 Å². The Morgan fingerprint density at radius 1 is 1.09 bits per heavy atom. The number of amides is 1. The molecule has 1 fully saturated rings. The summed E-state index contributed by atoms with van der Waals surface area (Å²) in [5, 5.41) is 4.23. The lowest BCUT2D eigenvalue weighted by molar-refractivity contribution is -0.137. The van der Waals surface area contributed by atoms with E-state index < -0.39 is 11.7 Å². The summed E-state index contributed by atoms with van der Waals surface area (Å²) in [4.78, 5) is 23.9. The van der Waals surface area contributed by atoms with E-state index >= 15 is 0 Å². The predicted octanol–water partition coefficient (Wildman–Crippen LogP) is 4.89. The van der Waals surface area contributed by atoms with Crippen molar-refractivity contribution in [2.45, 2.75) is 19.1 Å². The highest BCUT2D eigenvalue weighted by Gasteiger charge is 2.32. The van der Waals surface area contributed by atoms with Crippen LogP contribution in [0.25, 0.3) is 22.3 Å². The highest BCUT2D eigenvalue weighted by Crippen LogP contribution is 2.32. The van der Waals surface area contributed by atoms with Crippen molar-refractivity contribution in [2.24, 2.45) is 0 Å². The molecule has 0 saturated carbocycles. The second kappa shape index (κ2) is 8.81. The Morgan fingerprint density at radius 2 is 1.83 bits per heavy atom. The van der Waals surface area contributed by atoms with Crippen molar-refractivity contribution in [3.05, 3.63) is 71.5 Å². The summed E-state index contributed by atoms with van der Waals surface area (Å²) in [6.07, 6.45) is -4.46. The van der Waals surface area contributed by atoms with Crippen LogP contribution in [-0.4, -0.2) is 57.0 Å². The van der Waals surface area contributed by atoms with Crippen LogP contribution in [0.5, 0.6) is 0 Å². The van der Waals surface area contributed by atoms with E-state index in [4.69, 9.17) is 4.52 Å². The Labute approximate surface area is 197 Å². The molecule has 35 heavy (non-hydrogen) atoms. The molecule has 1 unspecified atom stereocenters. The molecule has 0 bridgehead atoms. The molecule has 2 aromatic heterocycles. The number of nitrogens with one attached hydrogen (secondary N) is 1. The molecule has 182 valence electrons. The quantitative estimate of drug-likeness (QED) is 0.415. The smallest absolute Gasteiger partial charge is 0.350 e. The average Bonchev–Trinajstić information content (AvgIpc) is 3.51. The van der Waals surface area contributed by atoms with Gasteiger partial charge in [-0.1, -0.05) is 23.4 Å². The van der Waals surface area contributed by atoms with Crippen LogP contribution in [0.1, 0.15) is 34.9 Å². The van der Waals surface area contributed by atoms with Crippen molar-refractivity contribution in [3.8, 4) is 11.4 Å². The molecule has 11 heteroatoms. The first-order valence-corrected chi connectivity index (χ1v) is 11.0. The molecule has 1 aliphatic heterocycles. The van der Waals surface area contributed by atoms with Crippen LogP contribution in [-0.2, 0) is 6.18 Å². The molecule has 1 saturated heterocycles. The fraction of sp³-hybridized carbons (Fsp3) is 0.292. The zero-order valence-corrected chi connectivity index (χ0v) is 18.6. The number of halogens is 4. The minimum Gasteiger partial charge on any atom is -0.350 e. The van der Waals surface area contributed by atoms with Crippen molar-refractivity contribution in [2.75, 3.05) is 26.2 Å². The van der Waals surface area contributed by atoms with Crippen LogP contribution in [0.15, 0.2) is 53.1 Å². The van der Waals surface area contributed by atoms with Gasteiger partial charge in [0.05, 0.1) is 11.6 Å². The molecule has 1 atom stereocenters. The van der Waals surface area contributed by atoms with Gasteiger partial charge in [0, 0.05) is 42.6 Å². The van der Waals surface area contributed by atoms with Gasteiger partial charge >= 0.3 is 6.18 Å². The van der Waals surface area contributed by atoms with Gasteiger partial charge < -0.3 is 14.4 Å². The molecule has 0 radical (unpaired) electrons. The van der Waals surface area contributed by atoms with Crippen LogP contribution in [0, 0.1) is 5.82 Å². The Hall–Kier alpha value is -3.73. The molecule has 1 aliphatic rings. The number of H-pyrrole nitrogens is 1. The predicted molar refractivity (Wildman–Crippen MR) is 119 cm³/mol. The van der Waals surface area contributed by atoms with Gasteiger partial charge in [0.2, 0.25) is 11.7 Å². The van der Waals surface area contributed by atoms with E-state index in [2.05, 4.69) is 20.0 Å². The molecule has 5 rings (SSSR count). The molecule has 2 aromatic carbocycles. The van der Waals surface area contributed by atoms with E-state index in [1.807, 2.05) is 6.92 Å². The van der Waals surface area contributed by atoms with Crippen molar-refractivity contribution < 1.29 is 26.9 Å². The van der Waals surface area contributed by atoms with Gasteiger partial charge in [-0.2, -0.15) is 18.2 Å². The van der Waals surface area contributed by atoms with E-state index in [1.165, 1.54) is 24.3 Å². The normalized spacial score (nSPS) is 16.1. The number of alkyl halides is 3. The molecular formula is C24H21F4N5O2. The minimum absolute atomic E-state index is 0.0813. The monoisotopic (exact) mass is 487 g/mol. The van der Waals surface area contributed by atoms with Crippen molar-refractivity contribution in [3.63, 3.8) is 0 Å². The van der Waals surface area contributed by atoms with Gasteiger partial charge in [-0.3, -0.25) is 9.69 Å². The molecule has 7 nitrogen and oxygen atoms in total. The Bertz CT molecular complexity index is 1370. The summed E-state index contributed by atoms with van der Waals surface area (Å²) in [5.74, 6) is -0.237. The summed E-state index contributed by atoms with van der Waals surface area (Å²) < 4.78 is 58.3. The summed E-state index contributed by atoms with van der Waals surface area (Å²) >= 11 is 0. The molecule has 4 aromatic rings. The van der Waals surface area contributed by atoms with E-state index in [1.54, 1.807) is 17.0 Å². The van der Waals surface area contributed by atoms with E-state index in [0.717, 1.165) is 12.1 Å². The lowest BCUT2D eigenvalue weighted by Crippen LogP contribution is -2.49. The number of carbonyl (C=O) groups is 1. The van der Waals surface area contributed by atoms with Gasteiger partial charge in [-0.25, -0.2) is 4.39 Å². The van der Waals surface area contributed by atoms with E-state index in [-0.39, 0.29) is 35.0 Å². The largest absolute Gasteiger partial charge is 0.416 e. The van der Waals surface area contributed by atoms with E-state index in [0.29, 0.717) is 42.8 Å². The van der Waals surface area contributed by atoms with Gasteiger partial charge in [-0.15, -0.1) is 0 Å². The van der Waals surface area contributed by atoms with Crippen LogP contribution >= 0.6 is 0 Å². The number of nitrogens with zero attached hydrogens (tertiary/aromatic N) is 4. The van der Waals surface area contributed by atoms with Gasteiger partial charge in [-0.05, 0) is 37.3 Å². The zero-order chi connectivity index (χ0) is 24.7. The summed E-state index contributed by atoms with van der Waals surface area (Å²) in [7, 11) is 0. The summed E-state index contributed by atoms with van der Waals surface area (Å²) in [5.41, 5.74) is 0.322. The number of hydrogen-bond acceptors (Lipinski definition) is 5. The Kier molecular flexibility index (Phi) is 5.79. The number of piperazine rings is 1. The topological polar surface area (TPSA) is 78.3 Å². The average molecular weight is 487 g/mol. The Balaban J connectivity index is 1.24. The molecule has 1 amide bonds. The van der Waals surface area contributed by atoms with Crippen LogP contribution in [0.4, 0.5) is 17.6 Å². The lowest BCUT2D eigenvalue weighted by Gasteiger charge is -2.36. The third kappa shape index (κ3) is 4.51.